The predicted molar refractivity (Wildman–Crippen MR) is 121 cm³/mol. The van der Waals surface area contributed by atoms with Crippen molar-refractivity contribution in [2.24, 2.45) is 11.8 Å². The van der Waals surface area contributed by atoms with E-state index in [4.69, 9.17) is 10.2 Å². The van der Waals surface area contributed by atoms with Gasteiger partial charge in [0.15, 0.2) is 11.6 Å². The summed E-state index contributed by atoms with van der Waals surface area (Å²) in [5.41, 5.74) is 0. The van der Waals surface area contributed by atoms with Crippen LogP contribution in [0.15, 0.2) is 0 Å². The molecule has 5 N–H and O–H groups in total. The summed E-state index contributed by atoms with van der Waals surface area (Å²) >= 11 is 1.39. The van der Waals surface area contributed by atoms with Gasteiger partial charge in [0, 0.05) is 32.1 Å². The van der Waals surface area contributed by atoms with Crippen LogP contribution in [-0.4, -0.2) is 87.6 Å². The van der Waals surface area contributed by atoms with Crippen molar-refractivity contribution in [2.75, 3.05) is 18.6 Å². The number of carboxylic acid groups (broad SMARTS) is 2. The minimum Gasteiger partial charge on any atom is -0.481 e. The number of Topliss-reactive ketones (excluding diaryl/α,β-unsaturated/α-hetero) is 2. The maximum absolute atomic E-state index is 12.7. The quantitative estimate of drug-likeness (QED) is 0.141. The molecule has 0 aromatic rings. The van der Waals surface area contributed by atoms with Gasteiger partial charge in [0.1, 0.15) is 6.29 Å². The summed E-state index contributed by atoms with van der Waals surface area (Å²) in [6.07, 6.45) is 0.302. The van der Waals surface area contributed by atoms with Gasteiger partial charge in [-0.2, -0.15) is 11.8 Å². The first-order valence-electron chi connectivity index (χ1n) is 10.6. The van der Waals surface area contributed by atoms with E-state index >= 15 is 0 Å². The molecule has 0 saturated carbocycles. The molecule has 0 rings (SSSR count). The number of hydrogen-bond donors (Lipinski definition) is 5. The van der Waals surface area contributed by atoms with E-state index in [2.05, 4.69) is 10.6 Å². The molecule has 0 aliphatic rings. The molecule has 0 aliphatic heterocycles. The molecule has 13 heteroatoms. The smallest absolute Gasteiger partial charge is 0.304 e. The molecule has 0 fully saturated rings. The molecule has 192 valence electrons. The van der Waals surface area contributed by atoms with Crippen molar-refractivity contribution in [2.45, 2.75) is 57.5 Å². The number of rotatable bonds is 19. The van der Waals surface area contributed by atoms with Crippen molar-refractivity contribution >= 4 is 53.4 Å². The zero-order chi connectivity index (χ0) is 26.3. The lowest BCUT2D eigenvalue weighted by atomic mass is 9.93. The van der Waals surface area contributed by atoms with Crippen molar-refractivity contribution < 1.29 is 48.9 Å². The minimum atomic E-state index is -1.26. The predicted octanol–water partition coefficient (Wildman–Crippen LogP) is -0.589. The van der Waals surface area contributed by atoms with Crippen LogP contribution in [0.1, 0.15) is 45.4 Å². The monoisotopic (exact) mass is 504 g/mol. The molecule has 2 amide bonds. The van der Waals surface area contributed by atoms with Crippen LogP contribution in [0.3, 0.4) is 0 Å². The van der Waals surface area contributed by atoms with Crippen molar-refractivity contribution in [1.29, 1.82) is 0 Å². The Bertz CT molecular complexity index is 758. The van der Waals surface area contributed by atoms with Gasteiger partial charge in [-0.05, 0) is 24.9 Å². The molecular weight excluding hydrogens is 472 g/mol. The molecule has 34 heavy (non-hydrogen) atoms. The number of ketones is 2. The zero-order valence-electron chi connectivity index (χ0n) is 19.2. The lowest BCUT2D eigenvalue weighted by Gasteiger charge is -2.23. The van der Waals surface area contributed by atoms with Crippen LogP contribution in [-0.2, 0) is 33.6 Å². The molecule has 12 nitrogen and oxygen atoms in total. The van der Waals surface area contributed by atoms with E-state index in [0.29, 0.717) is 12.0 Å². The fraction of sp³-hybridized carbons (Fsp3) is 0.667. The van der Waals surface area contributed by atoms with Crippen LogP contribution in [0.25, 0.3) is 0 Å². The lowest BCUT2D eigenvalue weighted by Crippen LogP contribution is -2.47. The van der Waals surface area contributed by atoms with Crippen LogP contribution in [0, 0.1) is 11.8 Å². The standard InChI is InChI=1S/C21H32N2O10S/c1-12(26)22-15(3-4-19(29)30)18(28)9-14(11-25)21(33)23-16(5-6-34-2)17(27)7-13(10-24)8-20(31)32/h10,13-16,25H,3-9,11H2,1-2H3,(H,22,26)(H,23,33)(H,29,30)(H,31,32)/t13-,14?,15?,16-/m0/s1. The Hall–Kier alpha value is -2.80. The third kappa shape index (κ3) is 13.0. The molecule has 0 spiro atoms. The number of carboxylic acids is 2. The Kier molecular flexibility index (Phi) is 15.4. The molecule has 0 heterocycles. The van der Waals surface area contributed by atoms with Crippen molar-refractivity contribution in [1.82, 2.24) is 10.6 Å². The molecule has 0 bridgehead atoms. The first-order chi connectivity index (χ1) is 15.9. The second-order valence-corrected chi connectivity index (χ2v) is 8.73. The fourth-order valence-electron chi connectivity index (χ4n) is 3.08. The first kappa shape index (κ1) is 31.2. The highest BCUT2D eigenvalue weighted by Gasteiger charge is 2.30. The molecule has 0 aromatic heterocycles. The van der Waals surface area contributed by atoms with Gasteiger partial charge >= 0.3 is 11.9 Å². The largest absolute Gasteiger partial charge is 0.481 e. The average Bonchev–Trinajstić information content (AvgIpc) is 2.75. The fourth-order valence-corrected chi connectivity index (χ4v) is 3.56. The number of aliphatic carboxylic acids is 2. The Morgan fingerprint density at radius 3 is 1.94 bits per heavy atom. The number of carbonyl (C=O) groups excluding carboxylic acids is 5. The van der Waals surface area contributed by atoms with E-state index in [0.717, 1.165) is 6.92 Å². The molecule has 0 saturated heterocycles. The number of amides is 2. The number of thioether (sulfide) groups is 1. The van der Waals surface area contributed by atoms with Gasteiger partial charge in [-0.15, -0.1) is 0 Å². The van der Waals surface area contributed by atoms with Crippen molar-refractivity contribution in [3.8, 4) is 0 Å². The van der Waals surface area contributed by atoms with Gasteiger partial charge in [-0.25, -0.2) is 0 Å². The number of aliphatic hydroxyl groups excluding tert-OH is 1. The minimum absolute atomic E-state index is 0.184. The van der Waals surface area contributed by atoms with E-state index in [1.807, 2.05) is 0 Å². The highest BCUT2D eigenvalue weighted by Crippen LogP contribution is 2.14. The van der Waals surface area contributed by atoms with E-state index in [-0.39, 0.29) is 12.8 Å². The van der Waals surface area contributed by atoms with Crippen LogP contribution in [0.2, 0.25) is 0 Å². The summed E-state index contributed by atoms with van der Waals surface area (Å²) in [5, 5.41) is 32.1. The lowest BCUT2D eigenvalue weighted by molar-refractivity contribution is -0.140. The number of carbonyl (C=O) groups is 7. The summed E-state index contributed by atoms with van der Waals surface area (Å²) in [6, 6.07) is -2.22. The van der Waals surface area contributed by atoms with E-state index < -0.39 is 91.5 Å². The van der Waals surface area contributed by atoms with Crippen LogP contribution >= 0.6 is 11.8 Å². The molecule has 4 atom stereocenters. The third-order valence-corrected chi connectivity index (χ3v) is 5.50. The maximum Gasteiger partial charge on any atom is 0.304 e. The zero-order valence-corrected chi connectivity index (χ0v) is 20.0. The van der Waals surface area contributed by atoms with Gasteiger partial charge in [0.2, 0.25) is 11.8 Å². The normalized spacial score (nSPS) is 14.2. The highest BCUT2D eigenvalue weighted by molar-refractivity contribution is 7.98. The van der Waals surface area contributed by atoms with E-state index in [9.17, 15) is 38.7 Å². The first-order valence-corrected chi connectivity index (χ1v) is 12.0. The van der Waals surface area contributed by atoms with Gasteiger partial charge < -0.3 is 30.7 Å². The van der Waals surface area contributed by atoms with Crippen LogP contribution in [0.4, 0.5) is 0 Å². The molecule has 0 aliphatic carbocycles. The van der Waals surface area contributed by atoms with Crippen LogP contribution in [0.5, 0.6) is 0 Å². The second kappa shape index (κ2) is 16.8. The maximum atomic E-state index is 12.7. The average molecular weight is 505 g/mol. The van der Waals surface area contributed by atoms with Crippen LogP contribution < -0.4 is 10.6 Å². The summed E-state index contributed by atoms with van der Waals surface area (Å²) in [4.78, 5) is 82.0. The summed E-state index contributed by atoms with van der Waals surface area (Å²) < 4.78 is 0. The molecule has 0 radical (unpaired) electrons. The second-order valence-electron chi connectivity index (χ2n) is 7.74. The summed E-state index contributed by atoms with van der Waals surface area (Å²) in [7, 11) is 0. The number of aldehydes is 1. The van der Waals surface area contributed by atoms with E-state index in [1.165, 1.54) is 11.8 Å². The number of aliphatic hydroxyl groups is 1. The third-order valence-electron chi connectivity index (χ3n) is 4.86. The number of nitrogens with one attached hydrogen (secondary N) is 2. The Labute approximate surface area is 201 Å². The Morgan fingerprint density at radius 2 is 1.47 bits per heavy atom. The van der Waals surface area contributed by atoms with Gasteiger partial charge in [-0.1, -0.05) is 0 Å². The SMILES string of the molecule is CSCC[C@H](NC(=O)C(CO)CC(=O)C(CCC(=O)O)NC(C)=O)C(=O)C[C@H](C=O)CC(=O)O. The van der Waals surface area contributed by atoms with Gasteiger partial charge in [-0.3, -0.25) is 28.8 Å². The molecule has 0 aromatic carbocycles. The van der Waals surface area contributed by atoms with Gasteiger partial charge in [0.05, 0.1) is 31.0 Å². The summed E-state index contributed by atoms with van der Waals surface area (Å²) in [5.74, 6) is -6.86. The van der Waals surface area contributed by atoms with Crippen molar-refractivity contribution in [3.05, 3.63) is 0 Å². The summed E-state index contributed by atoms with van der Waals surface area (Å²) in [6.45, 7) is 0.402. The molecule has 2 unspecified atom stereocenters. The van der Waals surface area contributed by atoms with Gasteiger partial charge in [0.25, 0.3) is 0 Å². The molecular formula is C21H32N2O10S. The number of hydrogen-bond acceptors (Lipinski definition) is 9. The highest BCUT2D eigenvalue weighted by atomic mass is 32.2. The van der Waals surface area contributed by atoms with Crippen molar-refractivity contribution in [3.63, 3.8) is 0 Å². The Morgan fingerprint density at radius 1 is 0.882 bits per heavy atom. The van der Waals surface area contributed by atoms with E-state index in [1.54, 1.807) is 6.26 Å². The topological polar surface area (TPSA) is 204 Å². The Balaban J connectivity index is 5.34.